The lowest BCUT2D eigenvalue weighted by molar-refractivity contribution is -0.0279. The van der Waals surface area contributed by atoms with Gasteiger partial charge in [0.15, 0.2) is 0 Å². The number of hydrogen-bond donors (Lipinski definition) is 1. The van der Waals surface area contributed by atoms with Crippen LogP contribution in [0.4, 0.5) is 5.69 Å². The van der Waals surface area contributed by atoms with E-state index in [1.54, 1.807) is 12.1 Å². The van der Waals surface area contributed by atoms with Crippen molar-refractivity contribution in [2.45, 2.75) is 19.8 Å². The van der Waals surface area contributed by atoms with Crippen molar-refractivity contribution in [1.29, 1.82) is 0 Å². The number of ether oxygens (including phenoxy) is 12. The van der Waals surface area contributed by atoms with E-state index in [2.05, 4.69) is 34.8 Å². The van der Waals surface area contributed by atoms with E-state index in [9.17, 15) is 4.79 Å². The van der Waals surface area contributed by atoms with Gasteiger partial charge in [-0.05, 0) is 30.7 Å². The number of benzene rings is 1. The fourth-order valence-corrected chi connectivity index (χ4v) is 4.08. The monoisotopic (exact) mass is 831 g/mol. The van der Waals surface area contributed by atoms with Gasteiger partial charge in [-0.3, -0.25) is 0 Å². The lowest BCUT2D eigenvalue weighted by atomic mass is 10.2. The van der Waals surface area contributed by atoms with Crippen LogP contribution in [0.5, 0.6) is 0 Å². The highest BCUT2D eigenvalue weighted by atomic mass is 127. The molecule has 1 aromatic rings. The number of unbranched alkanes of at least 4 members (excludes halogenated alkanes) is 1. The molecule has 1 rings (SSSR count). The van der Waals surface area contributed by atoms with Gasteiger partial charge in [-0.2, -0.15) is 0 Å². The van der Waals surface area contributed by atoms with Crippen LogP contribution < -0.4 is 5.32 Å². The molecule has 0 aliphatic carbocycles. The molecule has 0 heterocycles. The first-order valence-electron chi connectivity index (χ1n) is 17.7. The number of rotatable bonds is 40. The third-order valence-corrected chi connectivity index (χ3v) is 6.82. The molecule has 0 aliphatic rings. The van der Waals surface area contributed by atoms with Crippen molar-refractivity contribution in [2.24, 2.45) is 0 Å². The summed E-state index contributed by atoms with van der Waals surface area (Å²) in [6.07, 6.45) is 2.24. The fourth-order valence-electron chi connectivity index (χ4n) is 3.77. The van der Waals surface area contributed by atoms with E-state index in [1.807, 2.05) is 12.1 Å². The third kappa shape index (κ3) is 32.7. The van der Waals surface area contributed by atoms with Gasteiger partial charge in [-0.15, -0.1) is 0 Å². The smallest absolute Gasteiger partial charge is 0.338 e. The number of hydrogen-bond acceptors (Lipinski definition) is 14. The Bertz CT molecular complexity index is 841. The van der Waals surface area contributed by atoms with Gasteiger partial charge >= 0.3 is 5.97 Å². The Hall–Kier alpha value is -1.22. The second-order valence-electron chi connectivity index (χ2n) is 10.4. The molecule has 0 atom stereocenters. The zero-order chi connectivity index (χ0) is 35.8. The first kappa shape index (κ1) is 46.8. The Labute approximate surface area is 312 Å². The summed E-state index contributed by atoms with van der Waals surface area (Å²) >= 11 is 2.28. The number of anilines is 1. The number of alkyl halides is 1. The standard InChI is InChI=1S/C35H62INO13/c1-2-3-9-37-34-6-4-33(5-7-34)35(38)50-32-31-49-30-29-48-28-27-47-26-25-46-24-23-45-22-21-44-20-19-43-18-17-42-16-15-41-14-13-40-12-11-39-10-8-36/h4-7,37H,2-3,8-32H2,1H3. The molecule has 15 heteroatoms. The summed E-state index contributed by atoms with van der Waals surface area (Å²) < 4.78 is 66.2. The Morgan fingerprint density at radius 3 is 1.08 bits per heavy atom. The highest BCUT2D eigenvalue weighted by Crippen LogP contribution is 2.11. The second-order valence-corrected chi connectivity index (χ2v) is 11.5. The van der Waals surface area contributed by atoms with Crippen molar-refractivity contribution in [3.63, 3.8) is 0 Å². The molecule has 1 aromatic carbocycles. The molecule has 292 valence electrons. The van der Waals surface area contributed by atoms with Crippen molar-refractivity contribution in [3.05, 3.63) is 29.8 Å². The summed E-state index contributed by atoms with van der Waals surface area (Å²) in [6, 6.07) is 7.29. The molecule has 0 unspecified atom stereocenters. The highest BCUT2D eigenvalue weighted by molar-refractivity contribution is 14.1. The number of halogens is 1. The predicted molar refractivity (Wildman–Crippen MR) is 198 cm³/mol. The van der Waals surface area contributed by atoms with Crippen LogP contribution in [-0.2, 0) is 56.8 Å². The van der Waals surface area contributed by atoms with Crippen LogP contribution in [0.3, 0.4) is 0 Å². The fraction of sp³-hybridized carbons (Fsp3) is 0.800. The van der Waals surface area contributed by atoms with Gasteiger partial charge < -0.3 is 62.2 Å². The number of esters is 1. The van der Waals surface area contributed by atoms with E-state index < -0.39 is 0 Å². The number of nitrogens with one attached hydrogen (secondary N) is 1. The molecule has 0 saturated heterocycles. The van der Waals surface area contributed by atoms with E-state index in [0.717, 1.165) is 36.1 Å². The molecule has 0 aliphatic heterocycles. The minimum atomic E-state index is -0.361. The quantitative estimate of drug-likeness (QED) is 0.0446. The maximum absolute atomic E-state index is 12.1. The van der Waals surface area contributed by atoms with Crippen LogP contribution in [0.2, 0.25) is 0 Å². The maximum atomic E-state index is 12.1. The summed E-state index contributed by atoms with van der Waals surface area (Å²) in [4.78, 5) is 12.1. The minimum absolute atomic E-state index is 0.190. The van der Waals surface area contributed by atoms with Crippen LogP contribution in [0.25, 0.3) is 0 Å². The first-order chi connectivity index (χ1) is 24.8. The Morgan fingerprint density at radius 2 is 0.780 bits per heavy atom. The molecule has 1 N–H and O–H groups in total. The predicted octanol–water partition coefficient (Wildman–Crippen LogP) is 3.67. The Balaban J connectivity index is 1.69. The molecule has 0 aromatic heterocycles. The third-order valence-electron chi connectivity index (χ3n) is 6.38. The molecule has 0 amide bonds. The van der Waals surface area contributed by atoms with E-state index in [0.29, 0.717) is 144 Å². The zero-order valence-corrected chi connectivity index (χ0v) is 32.2. The van der Waals surface area contributed by atoms with Crippen LogP contribution >= 0.6 is 22.6 Å². The lowest BCUT2D eigenvalue weighted by Gasteiger charge is -2.09. The molecule has 0 radical (unpaired) electrons. The summed E-state index contributed by atoms with van der Waals surface area (Å²) in [5.74, 6) is -0.361. The van der Waals surface area contributed by atoms with Crippen molar-refractivity contribution < 1.29 is 61.6 Å². The highest BCUT2D eigenvalue weighted by Gasteiger charge is 2.07. The van der Waals surface area contributed by atoms with Crippen LogP contribution in [0, 0.1) is 0 Å². The van der Waals surface area contributed by atoms with Crippen molar-refractivity contribution in [1.82, 2.24) is 0 Å². The largest absolute Gasteiger partial charge is 0.460 e. The molecular formula is C35H62INO13. The Kier molecular flexibility index (Phi) is 36.5. The summed E-state index contributed by atoms with van der Waals surface area (Å²) in [6.45, 7) is 14.5. The molecule has 14 nitrogen and oxygen atoms in total. The summed E-state index contributed by atoms with van der Waals surface area (Å²) in [5, 5.41) is 3.32. The average Bonchev–Trinajstić information content (AvgIpc) is 3.13. The van der Waals surface area contributed by atoms with Gasteiger partial charge in [0.1, 0.15) is 6.61 Å². The summed E-state index contributed by atoms with van der Waals surface area (Å²) in [5.41, 5.74) is 1.51. The van der Waals surface area contributed by atoms with Gasteiger partial charge in [-0.25, -0.2) is 4.79 Å². The Morgan fingerprint density at radius 1 is 0.480 bits per heavy atom. The van der Waals surface area contributed by atoms with Crippen molar-refractivity contribution >= 4 is 34.2 Å². The maximum Gasteiger partial charge on any atom is 0.338 e. The average molecular weight is 832 g/mol. The molecule has 0 spiro atoms. The normalized spacial score (nSPS) is 11.3. The van der Waals surface area contributed by atoms with Gasteiger partial charge in [0.25, 0.3) is 0 Å². The topological polar surface area (TPSA) is 140 Å². The molecule has 0 fully saturated rings. The van der Waals surface area contributed by atoms with Gasteiger partial charge in [0, 0.05) is 16.7 Å². The summed E-state index contributed by atoms with van der Waals surface area (Å²) in [7, 11) is 0. The van der Waals surface area contributed by atoms with Crippen LogP contribution in [0.1, 0.15) is 30.1 Å². The van der Waals surface area contributed by atoms with Gasteiger partial charge in [0.2, 0.25) is 0 Å². The molecule has 0 saturated carbocycles. The van der Waals surface area contributed by atoms with E-state index >= 15 is 0 Å². The van der Waals surface area contributed by atoms with Crippen molar-refractivity contribution in [2.75, 3.05) is 168 Å². The SMILES string of the molecule is CCCCNc1ccc(C(=O)OCCOCCOCCOCCOCCOCCOCCOCCOCCOCCOCCOCCI)cc1. The van der Waals surface area contributed by atoms with Crippen LogP contribution in [0.15, 0.2) is 24.3 Å². The molecular weight excluding hydrogens is 769 g/mol. The van der Waals surface area contributed by atoms with E-state index in [4.69, 9.17) is 56.8 Å². The minimum Gasteiger partial charge on any atom is -0.460 e. The van der Waals surface area contributed by atoms with Gasteiger partial charge in [-0.1, -0.05) is 35.9 Å². The zero-order valence-electron chi connectivity index (χ0n) is 30.1. The second kappa shape index (κ2) is 39.0. The molecule has 0 bridgehead atoms. The van der Waals surface area contributed by atoms with E-state index in [-0.39, 0.29) is 12.6 Å². The van der Waals surface area contributed by atoms with Crippen LogP contribution in [-0.4, -0.2) is 169 Å². The lowest BCUT2D eigenvalue weighted by Crippen LogP contribution is -2.15. The van der Waals surface area contributed by atoms with Gasteiger partial charge in [0.05, 0.1) is 151 Å². The molecule has 50 heavy (non-hydrogen) atoms. The van der Waals surface area contributed by atoms with Crippen molar-refractivity contribution in [3.8, 4) is 0 Å². The first-order valence-corrected chi connectivity index (χ1v) is 19.2. The van der Waals surface area contributed by atoms with E-state index in [1.165, 1.54) is 0 Å². The number of carbonyl (C=O) groups excluding carboxylic acids is 1. The number of carbonyl (C=O) groups is 1.